The summed E-state index contributed by atoms with van der Waals surface area (Å²) in [5.74, 6) is 0. The number of aromatic nitrogens is 3. The fourth-order valence-electron chi connectivity index (χ4n) is 4.13. The number of rotatable bonds is 5. The summed E-state index contributed by atoms with van der Waals surface area (Å²) in [6.45, 7) is 3.15. The number of halogens is 1. The number of hydrogen-bond acceptors (Lipinski definition) is 2. The molecular formula is C26H22ClN3O. The van der Waals surface area contributed by atoms with E-state index in [4.69, 9.17) is 16.6 Å². The number of fused-ring (bicyclic) bond motifs is 3. The van der Waals surface area contributed by atoms with Crippen LogP contribution in [0.2, 0.25) is 5.02 Å². The van der Waals surface area contributed by atoms with Gasteiger partial charge in [-0.1, -0.05) is 71.8 Å². The second kappa shape index (κ2) is 8.05. The van der Waals surface area contributed by atoms with Gasteiger partial charge in [0, 0.05) is 23.5 Å². The lowest BCUT2D eigenvalue weighted by molar-refractivity contribution is 0.658. The third-order valence-corrected chi connectivity index (χ3v) is 6.12. The molecule has 5 heteroatoms. The van der Waals surface area contributed by atoms with Gasteiger partial charge in [0.05, 0.1) is 11.8 Å². The van der Waals surface area contributed by atoms with Crippen LogP contribution in [0.3, 0.4) is 0 Å². The first-order valence-corrected chi connectivity index (χ1v) is 10.7. The molecule has 0 atom stereocenters. The first-order chi connectivity index (χ1) is 15.1. The highest BCUT2D eigenvalue weighted by molar-refractivity contribution is 6.31. The van der Waals surface area contributed by atoms with Gasteiger partial charge < -0.3 is 4.57 Å². The van der Waals surface area contributed by atoms with E-state index in [1.165, 1.54) is 5.56 Å². The predicted molar refractivity (Wildman–Crippen MR) is 127 cm³/mol. The quantitative estimate of drug-likeness (QED) is 0.366. The summed E-state index contributed by atoms with van der Waals surface area (Å²) in [4.78, 5) is 18.3. The van der Waals surface area contributed by atoms with Crippen LogP contribution in [0.1, 0.15) is 16.7 Å². The van der Waals surface area contributed by atoms with Gasteiger partial charge in [-0.3, -0.25) is 9.36 Å². The highest BCUT2D eigenvalue weighted by Crippen LogP contribution is 2.28. The van der Waals surface area contributed by atoms with Crippen molar-refractivity contribution in [3.05, 3.63) is 111 Å². The average Bonchev–Trinajstić information content (AvgIpc) is 3.09. The van der Waals surface area contributed by atoms with Crippen molar-refractivity contribution in [2.75, 3.05) is 0 Å². The van der Waals surface area contributed by atoms with Crippen LogP contribution < -0.4 is 5.56 Å². The second-order valence-corrected chi connectivity index (χ2v) is 8.28. The molecule has 5 aromatic rings. The second-order valence-electron chi connectivity index (χ2n) is 7.87. The highest BCUT2D eigenvalue weighted by atomic mass is 35.5. The fraction of sp³-hybridized carbons (Fsp3) is 0.154. The molecule has 0 bridgehead atoms. The van der Waals surface area contributed by atoms with Crippen molar-refractivity contribution in [2.24, 2.45) is 0 Å². The summed E-state index contributed by atoms with van der Waals surface area (Å²) in [5.41, 5.74) is 5.64. The van der Waals surface area contributed by atoms with Gasteiger partial charge in [0.25, 0.3) is 5.56 Å². The molecule has 0 aliphatic carbocycles. The maximum absolute atomic E-state index is 13.6. The van der Waals surface area contributed by atoms with Crippen molar-refractivity contribution in [1.29, 1.82) is 0 Å². The van der Waals surface area contributed by atoms with E-state index >= 15 is 0 Å². The van der Waals surface area contributed by atoms with E-state index in [1.54, 1.807) is 10.9 Å². The molecule has 31 heavy (non-hydrogen) atoms. The third-order valence-electron chi connectivity index (χ3n) is 5.75. The van der Waals surface area contributed by atoms with E-state index in [0.717, 1.165) is 34.0 Å². The van der Waals surface area contributed by atoms with Crippen LogP contribution >= 0.6 is 11.6 Å². The van der Waals surface area contributed by atoms with Crippen molar-refractivity contribution in [1.82, 2.24) is 14.1 Å². The minimum absolute atomic E-state index is 0.0261. The number of hydrogen-bond donors (Lipinski definition) is 0. The summed E-state index contributed by atoms with van der Waals surface area (Å²) in [5, 5.41) is 1.69. The molecule has 0 saturated heterocycles. The molecule has 154 valence electrons. The van der Waals surface area contributed by atoms with Gasteiger partial charge in [-0.2, -0.15) is 0 Å². The van der Waals surface area contributed by atoms with Crippen LogP contribution in [0.25, 0.3) is 21.9 Å². The number of aryl methyl sites for hydroxylation is 3. The average molecular weight is 428 g/mol. The SMILES string of the molecule is Cc1ccc2c(c1)c1ncn(CCc3ccccc3)c(=O)c1n2Cc1ccccc1Cl. The summed E-state index contributed by atoms with van der Waals surface area (Å²) >= 11 is 6.45. The number of nitrogens with zero attached hydrogens (tertiary/aromatic N) is 3. The standard InChI is InChI=1S/C26H22ClN3O/c1-18-11-12-23-21(15-18)24-25(30(23)16-20-9-5-6-10-22(20)27)26(31)29(17-28-24)14-13-19-7-3-2-4-8-19/h2-12,15,17H,13-14,16H2,1H3. The Hall–Kier alpha value is -3.37. The topological polar surface area (TPSA) is 39.8 Å². The van der Waals surface area contributed by atoms with E-state index in [1.807, 2.05) is 42.5 Å². The Morgan fingerprint density at radius 2 is 1.74 bits per heavy atom. The van der Waals surface area contributed by atoms with Crippen molar-refractivity contribution in [3.8, 4) is 0 Å². The third kappa shape index (κ3) is 3.64. The van der Waals surface area contributed by atoms with Crippen molar-refractivity contribution >= 4 is 33.5 Å². The van der Waals surface area contributed by atoms with E-state index in [-0.39, 0.29) is 5.56 Å². The molecular weight excluding hydrogens is 406 g/mol. The highest BCUT2D eigenvalue weighted by Gasteiger charge is 2.17. The molecule has 0 N–H and O–H groups in total. The Bertz CT molecular complexity index is 1450. The summed E-state index contributed by atoms with van der Waals surface area (Å²) < 4.78 is 3.77. The monoisotopic (exact) mass is 427 g/mol. The molecule has 0 saturated carbocycles. The molecule has 5 rings (SSSR count). The predicted octanol–water partition coefficient (Wildman–Crippen LogP) is 5.60. The maximum atomic E-state index is 13.6. The molecule has 0 amide bonds. The molecule has 0 aliphatic rings. The number of benzene rings is 3. The van der Waals surface area contributed by atoms with Crippen molar-refractivity contribution in [3.63, 3.8) is 0 Å². The summed E-state index contributed by atoms with van der Waals surface area (Å²) in [6, 6.07) is 24.2. The Morgan fingerprint density at radius 3 is 2.55 bits per heavy atom. The molecule has 0 aliphatic heterocycles. The van der Waals surface area contributed by atoms with Crippen LogP contribution in [0.15, 0.2) is 83.9 Å². The first-order valence-electron chi connectivity index (χ1n) is 10.4. The van der Waals surface area contributed by atoms with Gasteiger partial charge in [-0.15, -0.1) is 0 Å². The zero-order chi connectivity index (χ0) is 21.4. The Labute approximate surface area is 185 Å². The van der Waals surface area contributed by atoms with Gasteiger partial charge >= 0.3 is 0 Å². The zero-order valence-electron chi connectivity index (χ0n) is 17.3. The van der Waals surface area contributed by atoms with Crippen LogP contribution in [0, 0.1) is 6.92 Å². The largest absolute Gasteiger partial charge is 0.330 e. The van der Waals surface area contributed by atoms with E-state index < -0.39 is 0 Å². The van der Waals surface area contributed by atoms with Gasteiger partial charge in [0.15, 0.2) is 0 Å². The Balaban J connectivity index is 1.67. The molecule has 3 aromatic carbocycles. The van der Waals surface area contributed by atoms with Crippen LogP contribution in [0.5, 0.6) is 0 Å². The van der Waals surface area contributed by atoms with Gasteiger partial charge in [0.1, 0.15) is 11.0 Å². The van der Waals surface area contributed by atoms with Crippen LogP contribution in [-0.2, 0) is 19.5 Å². The van der Waals surface area contributed by atoms with Crippen LogP contribution in [-0.4, -0.2) is 14.1 Å². The minimum atomic E-state index is -0.0261. The Kier molecular flexibility index (Phi) is 5.08. The zero-order valence-corrected chi connectivity index (χ0v) is 18.0. The lowest BCUT2D eigenvalue weighted by atomic mass is 10.1. The molecule has 4 nitrogen and oxygen atoms in total. The normalized spacial score (nSPS) is 11.4. The first kappa shape index (κ1) is 19.6. The van der Waals surface area contributed by atoms with E-state index in [0.29, 0.717) is 23.6 Å². The van der Waals surface area contributed by atoms with Crippen molar-refractivity contribution < 1.29 is 0 Å². The molecule has 0 radical (unpaired) electrons. The van der Waals surface area contributed by atoms with E-state index in [2.05, 4.69) is 41.8 Å². The molecule has 0 fully saturated rings. The lowest BCUT2D eigenvalue weighted by Gasteiger charge is -2.10. The van der Waals surface area contributed by atoms with Gasteiger partial charge in [0.2, 0.25) is 0 Å². The van der Waals surface area contributed by atoms with Crippen molar-refractivity contribution in [2.45, 2.75) is 26.4 Å². The van der Waals surface area contributed by atoms with Crippen LogP contribution in [0.4, 0.5) is 0 Å². The van der Waals surface area contributed by atoms with E-state index in [9.17, 15) is 4.79 Å². The Morgan fingerprint density at radius 1 is 0.968 bits per heavy atom. The lowest BCUT2D eigenvalue weighted by Crippen LogP contribution is -2.23. The van der Waals surface area contributed by atoms with Gasteiger partial charge in [-0.25, -0.2) is 4.98 Å². The molecule has 0 spiro atoms. The molecule has 2 aromatic heterocycles. The molecule has 0 unspecified atom stereocenters. The van der Waals surface area contributed by atoms with Gasteiger partial charge in [-0.05, 0) is 42.7 Å². The molecule has 2 heterocycles. The summed E-state index contributed by atoms with van der Waals surface area (Å²) in [6.07, 6.45) is 2.45. The smallest absolute Gasteiger partial charge is 0.277 e. The maximum Gasteiger partial charge on any atom is 0.277 e. The fourth-order valence-corrected chi connectivity index (χ4v) is 4.32. The summed E-state index contributed by atoms with van der Waals surface area (Å²) in [7, 11) is 0. The minimum Gasteiger partial charge on any atom is -0.330 e.